The molecule has 0 aliphatic rings. The molecule has 0 saturated carbocycles. The van der Waals surface area contributed by atoms with Crippen molar-refractivity contribution >= 4 is 27.5 Å². The molecular weight excluding hydrogens is 294 g/mol. The number of alkyl halides is 3. The fraction of sp³-hybridized carbons (Fsp3) is 0.333. The summed E-state index contributed by atoms with van der Waals surface area (Å²) in [5.41, 5.74) is 0.635. The summed E-state index contributed by atoms with van der Waals surface area (Å²) in [6.07, 6.45) is -4.20. The number of halogens is 5. The van der Waals surface area contributed by atoms with Crippen LogP contribution >= 0.6 is 27.5 Å². The van der Waals surface area contributed by atoms with E-state index in [2.05, 4.69) is 21.2 Å². The summed E-state index contributed by atoms with van der Waals surface area (Å²) in [6, 6.07) is 5.13. The van der Waals surface area contributed by atoms with Gasteiger partial charge in [0.1, 0.15) is 0 Å². The minimum Gasteiger partial charge on any atom is -0.305 e. The zero-order valence-corrected chi connectivity index (χ0v) is 9.88. The Kier molecular flexibility index (Phi) is 4.43. The van der Waals surface area contributed by atoms with Gasteiger partial charge in [0.05, 0.1) is 11.6 Å². The van der Waals surface area contributed by atoms with Crippen LogP contribution in [0.2, 0.25) is 5.02 Å². The quantitative estimate of drug-likeness (QED) is 0.896. The molecule has 0 unspecified atom stereocenters. The Morgan fingerprint density at radius 3 is 2.60 bits per heavy atom. The first-order chi connectivity index (χ1) is 6.90. The minimum absolute atomic E-state index is 0.0950. The lowest BCUT2D eigenvalue weighted by molar-refractivity contribution is -0.125. The summed E-state index contributed by atoms with van der Waals surface area (Å²) in [4.78, 5) is 0. The highest BCUT2D eigenvalue weighted by molar-refractivity contribution is 9.10. The molecule has 0 bridgehead atoms. The Bertz CT molecular complexity index is 341. The first kappa shape index (κ1) is 12.8. The topological polar surface area (TPSA) is 12.0 Å². The fourth-order valence-corrected chi connectivity index (χ4v) is 1.62. The van der Waals surface area contributed by atoms with Gasteiger partial charge in [-0.2, -0.15) is 13.2 Å². The maximum atomic E-state index is 11.8. The van der Waals surface area contributed by atoms with Gasteiger partial charge < -0.3 is 5.32 Å². The predicted octanol–water partition coefficient (Wildman–Crippen LogP) is 3.75. The van der Waals surface area contributed by atoms with E-state index in [9.17, 15) is 13.2 Å². The van der Waals surface area contributed by atoms with Crippen LogP contribution in [0.5, 0.6) is 0 Å². The molecule has 0 radical (unpaired) electrons. The molecule has 0 fully saturated rings. The van der Waals surface area contributed by atoms with E-state index in [-0.39, 0.29) is 6.54 Å². The molecule has 0 aliphatic heterocycles. The van der Waals surface area contributed by atoms with Crippen molar-refractivity contribution in [1.29, 1.82) is 0 Å². The van der Waals surface area contributed by atoms with Crippen molar-refractivity contribution in [3.63, 3.8) is 0 Å². The van der Waals surface area contributed by atoms with Crippen molar-refractivity contribution < 1.29 is 13.2 Å². The van der Waals surface area contributed by atoms with Crippen LogP contribution in [0, 0.1) is 0 Å². The summed E-state index contributed by atoms with van der Waals surface area (Å²) >= 11 is 9.07. The standard InChI is InChI=1S/C9H8BrClF3N/c10-7-3-1-2-6(8(7)11)4-15-5-9(12,13)14/h1-3,15H,4-5H2. The summed E-state index contributed by atoms with van der Waals surface area (Å²) in [7, 11) is 0. The first-order valence-electron chi connectivity index (χ1n) is 4.10. The van der Waals surface area contributed by atoms with E-state index in [1.807, 2.05) is 0 Å². The summed E-state index contributed by atoms with van der Waals surface area (Å²) in [6.45, 7) is -0.923. The molecule has 0 saturated heterocycles. The van der Waals surface area contributed by atoms with E-state index in [4.69, 9.17) is 11.6 Å². The van der Waals surface area contributed by atoms with Crippen LogP contribution < -0.4 is 5.32 Å². The Labute approximate surface area is 98.7 Å². The van der Waals surface area contributed by atoms with Crippen LogP contribution in [0.3, 0.4) is 0 Å². The minimum atomic E-state index is -4.20. The van der Waals surface area contributed by atoms with Gasteiger partial charge >= 0.3 is 6.18 Å². The SMILES string of the molecule is FC(F)(F)CNCc1cccc(Br)c1Cl. The molecular formula is C9H8BrClF3N. The third kappa shape index (κ3) is 4.40. The zero-order chi connectivity index (χ0) is 11.5. The maximum absolute atomic E-state index is 11.8. The molecule has 1 rings (SSSR count). The molecule has 6 heteroatoms. The smallest absolute Gasteiger partial charge is 0.305 e. The lowest BCUT2D eigenvalue weighted by Crippen LogP contribution is -2.28. The number of hydrogen-bond donors (Lipinski definition) is 1. The molecule has 0 atom stereocenters. The molecule has 0 amide bonds. The second kappa shape index (κ2) is 5.18. The van der Waals surface area contributed by atoms with Crippen molar-refractivity contribution in [1.82, 2.24) is 5.32 Å². The molecule has 0 spiro atoms. The highest BCUT2D eigenvalue weighted by atomic mass is 79.9. The van der Waals surface area contributed by atoms with Crippen molar-refractivity contribution in [2.24, 2.45) is 0 Å². The van der Waals surface area contributed by atoms with Gasteiger partial charge in [-0.25, -0.2) is 0 Å². The molecule has 1 aromatic rings. The summed E-state index contributed by atoms with van der Waals surface area (Å²) in [5.74, 6) is 0. The lowest BCUT2D eigenvalue weighted by atomic mass is 10.2. The maximum Gasteiger partial charge on any atom is 0.401 e. The second-order valence-corrected chi connectivity index (χ2v) is 4.16. The second-order valence-electron chi connectivity index (χ2n) is 2.93. The highest BCUT2D eigenvalue weighted by Gasteiger charge is 2.26. The van der Waals surface area contributed by atoms with E-state index < -0.39 is 12.7 Å². The van der Waals surface area contributed by atoms with E-state index in [0.717, 1.165) is 0 Å². The van der Waals surface area contributed by atoms with Gasteiger partial charge in [-0.3, -0.25) is 0 Å². The number of hydrogen-bond acceptors (Lipinski definition) is 1. The Morgan fingerprint density at radius 1 is 1.33 bits per heavy atom. The van der Waals surface area contributed by atoms with Gasteiger partial charge in [-0.05, 0) is 27.6 Å². The van der Waals surface area contributed by atoms with Gasteiger partial charge in [0.25, 0.3) is 0 Å². The first-order valence-corrected chi connectivity index (χ1v) is 5.27. The van der Waals surface area contributed by atoms with Crippen LogP contribution in [0.4, 0.5) is 13.2 Å². The van der Waals surface area contributed by atoms with Gasteiger partial charge in [0, 0.05) is 11.0 Å². The largest absolute Gasteiger partial charge is 0.401 e. The van der Waals surface area contributed by atoms with E-state index in [0.29, 0.717) is 15.1 Å². The van der Waals surface area contributed by atoms with Crippen molar-refractivity contribution in [3.05, 3.63) is 33.3 Å². The monoisotopic (exact) mass is 301 g/mol. The van der Waals surface area contributed by atoms with Crippen LogP contribution in [-0.4, -0.2) is 12.7 Å². The Hall–Kier alpha value is -0.260. The Morgan fingerprint density at radius 2 is 2.00 bits per heavy atom. The molecule has 0 heterocycles. The van der Waals surface area contributed by atoms with Crippen LogP contribution in [0.1, 0.15) is 5.56 Å². The van der Waals surface area contributed by atoms with E-state index >= 15 is 0 Å². The van der Waals surface area contributed by atoms with Gasteiger partial charge in [0.15, 0.2) is 0 Å². The molecule has 1 nitrogen and oxygen atoms in total. The lowest BCUT2D eigenvalue weighted by Gasteiger charge is -2.09. The van der Waals surface area contributed by atoms with E-state index in [1.165, 1.54) is 0 Å². The number of rotatable bonds is 3. The fourth-order valence-electron chi connectivity index (χ4n) is 1.02. The van der Waals surface area contributed by atoms with Gasteiger partial charge in [-0.15, -0.1) is 0 Å². The number of benzene rings is 1. The van der Waals surface area contributed by atoms with Crippen molar-refractivity contribution in [2.75, 3.05) is 6.54 Å². The molecule has 1 N–H and O–H groups in total. The molecule has 15 heavy (non-hydrogen) atoms. The van der Waals surface area contributed by atoms with Gasteiger partial charge in [0.2, 0.25) is 0 Å². The van der Waals surface area contributed by atoms with Crippen molar-refractivity contribution in [3.8, 4) is 0 Å². The third-order valence-corrected chi connectivity index (χ3v) is 3.01. The predicted molar refractivity (Wildman–Crippen MR) is 56.9 cm³/mol. The summed E-state index contributed by atoms with van der Waals surface area (Å²) in [5, 5.41) is 2.72. The van der Waals surface area contributed by atoms with Gasteiger partial charge in [-0.1, -0.05) is 23.7 Å². The molecule has 0 aromatic heterocycles. The highest BCUT2D eigenvalue weighted by Crippen LogP contribution is 2.25. The van der Waals surface area contributed by atoms with Crippen LogP contribution in [0.25, 0.3) is 0 Å². The summed E-state index contributed by atoms with van der Waals surface area (Å²) < 4.78 is 36.2. The molecule has 84 valence electrons. The molecule has 1 aromatic carbocycles. The molecule has 0 aliphatic carbocycles. The van der Waals surface area contributed by atoms with E-state index in [1.54, 1.807) is 18.2 Å². The number of nitrogens with one attached hydrogen (secondary N) is 1. The van der Waals surface area contributed by atoms with Crippen LogP contribution in [-0.2, 0) is 6.54 Å². The average Bonchev–Trinajstić information content (AvgIpc) is 2.10. The normalized spacial score (nSPS) is 11.8. The average molecular weight is 303 g/mol. The third-order valence-electron chi connectivity index (χ3n) is 1.67. The van der Waals surface area contributed by atoms with Crippen molar-refractivity contribution in [2.45, 2.75) is 12.7 Å². The zero-order valence-electron chi connectivity index (χ0n) is 7.54. The van der Waals surface area contributed by atoms with Crippen LogP contribution in [0.15, 0.2) is 22.7 Å². The Balaban J connectivity index is 2.55.